The fraction of sp³-hybridized carbons (Fsp3) is 0.571. The lowest BCUT2D eigenvalue weighted by molar-refractivity contribution is 0.185. The van der Waals surface area contributed by atoms with Gasteiger partial charge in [0.2, 0.25) is 0 Å². The summed E-state index contributed by atoms with van der Waals surface area (Å²) in [5.74, 6) is 0. The Morgan fingerprint density at radius 2 is 0.970 bits per heavy atom. The molecule has 5 heteroatoms. The van der Waals surface area contributed by atoms with Gasteiger partial charge in [-0.05, 0) is 48.2 Å². The Morgan fingerprint density at radius 3 is 1.39 bits per heavy atom. The van der Waals surface area contributed by atoms with Gasteiger partial charge < -0.3 is 8.85 Å². The van der Waals surface area contributed by atoms with E-state index in [9.17, 15) is 0 Å². The van der Waals surface area contributed by atoms with Crippen LogP contribution in [0.1, 0.15) is 90.9 Å². The maximum absolute atomic E-state index is 6.88. The van der Waals surface area contributed by atoms with Crippen LogP contribution in [0.4, 0.5) is 0 Å². The van der Waals surface area contributed by atoms with Gasteiger partial charge in [-0.15, -0.1) is 0 Å². The minimum Gasteiger partial charge on any atom is -0.388 e. The zero-order valence-corrected chi connectivity index (χ0v) is 24.6. The van der Waals surface area contributed by atoms with Crippen molar-refractivity contribution in [2.45, 2.75) is 90.9 Å². The van der Waals surface area contributed by atoms with Gasteiger partial charge in [0.1, 0.15) is 0 Å². The van der Waals surface area contributed by atoms with Crippen LogP contribution in [0.15, 0.2) is 45.3 Å². The van der Waals surface area contributed by atoms with E-state index in [0.717, 1.165) is 35.0 Å². The summed E-state index contributed by atoms with van der Waals surface area (Å²) in [6.07, 6.45) is 15.2. The molecule has 0 unspecified atom stereocenters. The normalized spacial score (nSPS) is 13.8. The van der Waals surface area contributed by atoms with Gasteiger partial charge in [-0.1, -0.05) is 122 Å². The first-order valence-corrected chi connectivity index (χ1v) is 16.4. The van der Waals surface area contributed by atoms with E-state index in [-0.39, 0.29) is 0 Å². The van der Waals surface area contributed by atoms with Crippen molar-refractivity contribution in [1.29, 1.82) is 0 Å². The molecule has 0 radical (unpaired) electrons. The van der Waals surface area contributed by atoms with Gasteiger partial charge in [-0.2, -0.15) is 0 Å². The third-order valence-electron chi connectivity index (χ3n) is 6.57. The topological polar surface area (TPSA) is 18.5 Å². The lowest BCUT2D eigenvalue weighted by Gasteiger charge is -2.29. The van der Waals surface area contributed by atoms with Crippen molar-refractivity contribution in [3.63, 3.8) is 0 Å². The van der Waals surface area contributed by atoms with Gasteiger partial charge >= 0.3 is 8.56 Å². The van der Waals surface area contributed by atoms with E-state index in [1.807, 2.05) is 0 Å². The standard InChI is InChI=1S/C28H40Br2O2Si/c1-3-5-7-9-11-13-19-31-33(32-20-14-12-10-8-6-4-2)27-21-23(29)15-17-25(27)26-18-16-24(30)22-28(26)33/h15-18,21-22H,3-14,19-20H2,1-2H3. The van der Waals surface area contributed by atoms with Crippen LogP contribution in [0.3, 0.4) is 0 Å². The number of hydrogen-bond acceptors (Lipinski definition) is 2. The molecule has 2 aromatic carbocycles. The first-order chi connectivity index (χ1) is 16.1. The van der Waals surface area contributed by atoms with Gasteiger partial charge in [0.05, 0.1) is 0 Å². The first kappa shape index (κ1) is 27.1. The maximum Gasteiger partial charge on any atom is 0.408 e. The Balaban J connectivity index is 1.77. The molecular weight excluding hydrogens is 556 g/mol. The van der Waals surface area contributed by atoms with E-state index in [2.05, 4.69) is 82.1 Å². The highest BCUT2D eigenvalue weighted by Crippen LogP contribution is 2.33. The summed E-state index contributed by atoms with van der Waals surface area (Å²) in [6, 6.07) is 13.2. The summed E-state index contributed by atoms with van der Waals surface area (Å²) in [6.45, 7) is 6.08. The van der Waals surface area contributed by atoms with Crippen molar-refractivity contribution in [1.82, 2.24) is 0 Å². The summed E-state index contributed by atoms with van der Waals surface area (Å²) in [7, 11) is -2.75. The lowest BCUT2D eigenvalue weighted by atomic mass is 10.1. The van der Waals surface area contributed by atoms with Gasteiger partial charge in [-0.25, -0.2) is 0 Å². The van der Waals surface area contributed by atoms with Gasteiger partial charge in [0, 0.05) is 32.5 Å². The van der Waals surface area contributed by atoms with E-state index in [4.69, 9.17) is 8.85 Å². The highest BCUT2D eigenvalue weighted by atomic mass is 79.9. The van der Waals surface area contributed by atoms with Crippen molar-refractivity contribution >= 4 is 50.8 Å². The van der Waals surface area contributed by atoms with Crippen molar-refractivity contribution in [2.75, 3.05) is 13.2 Å². The molecule has 2 nitrogen and oxygen atoms in total. The molecule has 0 bridgehead atoms. The fourth-order valence-electron chi connectivity index (χ4n) is 4.74. The Labute approximate surface area is 219 Å². The van der Waals surface area contributed by atoms with Crippen LogP contribution in [0.5, 0.6) is 0 Å². The third kappa shape index (κ3) is 7.27. The van der Waals surface area contributed by atoms with Crippen LogP contribution in [-0.2, 0) is 8.85 Å². The van der Waals surface area contributed by atoms with E-state index in [0.29, 0.717) is 0 Å². The predicted octanol–water partition coefficient (Wildman–Crippen LogP) is 8.50. The number of unbranched alkanes of at least 4 members (excludes halogenated alkanes) is 10. The summed E-state index contributed by atoms with van der Waals surface area (Å²) >= 11 is 7.42. The fourth-order valence-corrected chi connectivity index (χ4v) is 9.58. The molecule has 1 heterocycles. The number of halogens is 2. The first-order valence-electron chi connectivity index (χ1n) is 13.0. The highest BCUT2D eigenvalue weighted by Gasteiger charge is 2.50. The van der Waals surface area contributed by atoms with Crippen LogP contribution in [-0.4, -0.2) is 21.8 Å². The van der Waals surface area contributed by atoms with Gasteiger partial charge in [-0.3, -0.25) is 0 Å². The smallest absolute Gasteiger partial charge is 0.388 e. The predicted molar refractivity (Wildman–Crippen MR) is 151 cm³/mol. The van der Waals surface area contributed by atoms with Crippen LogP contribution >= 0.6 is 31.9 Å². The number of fused-ring (bicyclic) bond motifs is 3. The molecule has 0 atom stereocenters. The second kappa shape index (κ2) is 14.2. The Morgan fingerprint density at radius 1 is 0.576 bits per heavy atom. The van der Waals surface area contributed by atoms with E-state index >= 15 is 0 Å². The lowest BCUT2D eigenvalue weighted by Crippen LogP contribution is -2.61. The van der Waals surface area contributed by atoms with Crippen molar-refractivity contribution in [3.8, 4) is 11.1 Å². The van der Waals surface area contributed by atoms with E-state index < -0.39 is 8.56 Å². The van der Waals surface area contributed by atoms with Gasteiger partial charge in [0.25, 0.3) is 0 Å². The van der Waals surface area contributed by atoms with E-state index in [1.54, 1.807) is 0 Å². The molecule has 0 aliphatic carbocycles. The van der Waals surface area contributed by atoms with Crippen LogP contribution in [0, 0.1) is 0 Å². The second-order valence-electron chi connectivity index (χ2n) is 9.23. The minimum absolute atomic E-state index is 0.771. The molecule has 3 rings (SSSR count). The molecule has 33 heavy (non-hydrogen) atoms. The minimum atomic E-state index is -2.75. The van der Waals surface area contributed by atoms with Crippen molar-refractivity contribution < 1.29 is 8.85 Å². The quantitative estimate of drug-likeness (QED) is 0.143. The average molecular weight is 597 g/mol. The molecule has 1 aliphatic heterocycles. The SMILES string of the molecule is CCCCCCCCO[Si]1(OCCCCCCCC)c2cc(Br)ccc2-c2ccc(Br)cc21. The average Bonchev–Trinajstić information content (AvgIpc) is 3.06. The number of hydrogen-bond donors (Lipinski definition) is 0. The molecule has 0 saturated carbocycles. The molecule has 0 fully saturated rings. The molecule has 182 valence electrons. The highest BCUT2D eigenvalue weighted by molar-refractivity contribution is 9.10. The zero-order chi connectivity index (χ0) is 23.5. The summed E-state index contributed by atoms with van der Waals surface area (Å²) < 4.78 is 15.9. The molecule has 2 aromatic rings. The molecule has 0 aromatic heterocycles. The van der Waals surface area contributed by atoms with E-state index in [1.165, 1.54) is 85.7 Å². The Kier molecular flexibility index (Phi) is 11.7. The molecule has 1 aliphatic rings. The number of rotatable bonds is 16. The van der Waals surface area contributed by atoms with Crippen molar-refractivity contribution in [3.05, 3.63) is 45.3 Å². The molecular formula is C28H40Br2O2Si. The zero-order valence-electron chi connectivity index (χ0n) is 20.4. The molecule has 0 spiro atoms. The molecule has 0 N–H and O–H groups in total. The molecule has 0 amide bonds. The third-order valence-corrected chi connectivity index (χ3v) is 11.0. The molecule has 0 saturated heterocycles. The van der Waals surface area contributed by atoms with Crippen LogP contribution in [0.2, 0.25) is 0 Å². The summed E-state index contributed by atoms with van der Waals surface area (Å²) in [5.41, 5.74) is 2.55. The monoisotopic (exact) mass is 594 g/mol. The number of benzene rings is 2. The second-order valence-corrected chi connectivity index (χ2v) is 13.9. The maximum atomic E-state index is 6.88. The Hall–Kier alpha value is -0.463. The summed E-state index contributed by atoms with van der Waals surface area (Å²) in [4.78, 5) is 0. The van der Waals surface area contributed by atoms with Crippen LogP contribution < -0.4 is 10.4 Å². The van der Waals surface area contributed by atoms with Crippen LogP contribution in [0.25, 0.3) is 11.1 Å². The summed E-state index contributed by atoms with van der Waals surface area (Å²) in [5, 5.41) is 2.53. The Bertz CT molecular complexity index is 799. The van der Waals surface area contributed by atoms with Crippen molar-refractivity contribution in [2.24, 2.45) is 0 Å². The van der Waals surface area contributed by atoms with Gasteiger partial charge in [0.15, 0.2) is 0 Å². The largest absolute Gasteiger partial charge is 0.408 e.